The van der Waals surface area contributed by atoms with Gasteiger partial charge in [0.1, 0.15) is 44.8 Å². The first-order valence-electron chi connectivity index (χ1n) is 25.1. The van der Waals surface area contributed by atoms with Crippen molar-refractivity contribution in [3.8, 4) is 0 Å². The molecule has 428 valence electrons. The maximum Gasteiger partial charge on any atom is 0.351 e. The number of fused-ring (bicyclic) bond motifs is 4. The fourth-order valence-electron chi connectivity index (χ4n) is 8.72. The Morgan fingerprint density at radius 3 is 0.875 bits per heavy atom. The van der Waals surface area contributed by atoms with E-state index >= 15 is 0 Å². The van der Waals surface area contributed by atoms with Crippen LogP contribution in [0.25, 0.3) is 44.1 Å². The van der Waals surface area contributed by atoms with Crippen LogP contribution in [-0.4, -0.2) is 168 Å². The van der Waals surface area contributed by atoms with Crippen LogP contribution in [0.15, 0.2) is 38.4 Å². The number of nitrogens with zero attached hydrogens (tertiary/aromatic N) is 14. The van der Waals surface area contributed by atoms with Gasteiger partial charge < -0.3 is 55.7 Å². The second-order valence-electron chi connectivity index (χ2n) is 17.9. The van der Waals surface area contributed by atoms with E-state index in [1.54, 1.807) is 28.2 Å². The summed E-state index contributed by atoms with van der Waals surface area (Å²) in [6.07, 6.45) is 3.67. The second-order valence-corrected chi connectivity index (χ2v) is 17.9. The lowest BCUT2D eigenvalue weighted by Crippen LogP contribution is -2.39. The summed E-state index contributed by atoms with van der Waals surface area (Å²) in [5.41, 5.74) is 30.5. The molecule has 0 radical (unpaired) electrons. The van der Waals surface area contributed by atoms with Gasteiger partial charge in [0.2, 0.25) is 23.8 Å². The summed E-state index contributed by atoms with van der Waals surface area (Å²) >= 11 is 0. The highest BCUT2D eigenvalue weighted by atomic mass is 16.2. The van der Waals surface area contributed by atoms with Crippen molar-refractivity contribution in [2.24, 2.45) is 11.5 Å². The third-order valence-electron chi connectivity index (χ3n) is 12.8. The number of nitrogen functional groups attached to an aromatic ring is 4. The monoisotopic (exact) mass is 1110 g/mol. The smallest absolute Gasteiger partial charge is 0.351 e. The lowest BCUT2D eigenvalue weighted by molar-refractivity contribution is 0.246. The van der Waals surface area contributed by atoms with Crippen LogP contribution in [0.3, 0.4) is 0 Å². The Kier molecular flexibility index (Phi) is 18.6. The van der Waals surface area contributed by atoms with E-state index in [1.807, 2.05) is 4.90 Å². The normalized spacial score (nSPS) is 11.5. The third kappa shape index (κ3) is 12.7. The van der Waals surface area contributed by atoms with Gasteiger partial charge in [0.05, 0.1) is 0 Å². The van der Waals surface area contributed by atoms with Crippen LogP contribution in [-0.2, 0) is 26.2 Å². The largest absolute Gasteiger partial charge is 0.383 e. The van der Waals surface area contributed by atoms with E-state index in [0.29, 0.717) is 32.7 Å². The van der Waals surface area contributed by atoms with Gasteiger partial charge >= 0.3 is 22.8 Å². The van der Waals surface area contributed by atoms with E-state index < -0.39 is 45.0 Å². The van der Waals surface area contributed by atoms with Crippen LogP contribution in [0.5, 0.6) is 0 Å². The standard InChI is InChI=1S/C24H36N14O4.C20H28N14O4/c1-28-21-32-17-13(19(39)34-21)15(26)30-23(41)37(17)11-9-36(8-6-4-3-5-7-25)10-12-38-18-14(16(27)31-24(38)42)20(40)35-22(29-2)33-18;1-24-17-28-13-9(15(35)30-17)11(22)26-19(37)33(13)7-5-32(4-3-21)6-8-34-14-10(12(23)27-20(34)38)16(36)31-18(25-2)29-14/h3-12,25H2,1-2H3,(H2,26,30,41)(H2,27,31,42)(H2,28,32,34,39)(H2,29,33,35,40);3-8,21H2,1-2H3,(H2,22,26,37)(H2,23,27,38)(H2,24,28,30,35)(H2,25,29,31,36). The average molecular weight is 1110 g/mol. The highest BCUT2D eigenvalue weighted by Crippen LogP contribution is 2.17. The average Bonchev–Trinajstić information content (AvgIpc) is 3.41. The van der Waals surface area contributed by atoms with E-state index in [9.17, 15) is 38.4 Å². The van der Waals surface area contributed by atoms with E-state index in [0.717, 1.165) is 25.7 Å². The predicted molar refractivity (Wildman–Crippen MR) is 303 cm³/mol. The number of aromatic amines is 4. The molecule has 8 heterocycles. The maximum atomic E-state index is 12.9. The van der Waals surface area contributed by atoms with E-state index in [1.165, 1.54) is 18.3 Å². The number of aromatic nitrogens is 16. The zero-order chi connectivity index (χ0) is 57.9. The van der Waals surface area contributed by atoms with Crippen molar-refractivity contribution >= 4 is 91.2 Å². The van der Waals surface area contributed by atoms with Crippen LogP contribution in [0.2, 0.25) is 0 Å². The molecule has 0 saturated heterocycles. The lowest BCUT2D eigenvalue weighted by atomic mass is 10.2. The van der Waals surface area contributed by atoms with Crippen molar-refractivity contribution in [1.29, 1.82) is 0 Å². The molecule has 0 aromatic carbocycles. The molecule has 8 rings (SSSR count). The summed E-state index contributed by atoms with van der Waals surface area (Å²) in [6.45, 7) is 3.70. The van der Waals surface area contributed by atoms with Crippen molar-refractivity contribution in [3.63, 3.8) is 0 Å². The van der Waals surface area contributed by atoms with Gasteiger partial charge in [-0.05, 0) is 25.9 Å². The molecule has 0 bridgehead atoms. The lowest BCUT2D eigenvalue weighted by Gasteiger charge is -2.24. The minimum Gasteiger partial charge on any atom is -0.383 e. The Labute approximate surface area is 449 Å². The Balaban J connectivity index is 0.000000232. The summed E-state index contributed by atoms with van der Waals surface area (Å²) in [5, 5.41) is 11.0. The van der Waals surface area contributed by atoms with Crippen LogP contribution in [0.4, 0.5) is 47.1 Å². The molecule has 0 unspecified atom stereocenters. The molecule has 80 heavy (non-hydrogen) atoms. The Morgan fingerprint density at radius 1 is 0.362 bits per heavy atom. The number of nitrogens with one attached hydrogen (secondary N) is 8. The molecule has 20 N–H and O–H groups in total. The van der Waals surface area contributed by atoms with Crippen molar-refractivity contribution < 1.29 is 0 Å². The van der Waals surface area contributed by atoms with Crippen LogP contribution in [0.1, 0.15) is 25.7 Å². The van der Waals surface area contributed by atoms with Gasteiger partial charge in [-0.1, -0.05) is 12.8 Å². The minimum absolute atomic E-state index is 0.00317. The fourth-order valence-corrected chi connectivity index (χ4v) is 8.72. The summed E-state index contributed by atoms with van der Waals surface area (Å²) in [7, 11) is 6.31. The second kappa shape index (κ2) is 25.6. The van der Waals surface area contributed by atoms with E-state index in [-0.39, 0.29) is 137 Å². The van der Waals surface area contributed by atoms with Crippen molar-refractivity contribution in [3.05, 3.63) is 83.4 Å². The van der Waals surface area contributed by atoms with Gasteiger partial charge in [-0.2, -0.15) is 39.9 Å². The summed E-state index contributed by atoms with van der Waals surface area (Å²) in [6, 6.07) is 0. The quantitative estimate of drug-likeness (QED) is 0.0251. The summed E-state index contributed by atoms with van der Waals surface area (Å²) in [5.74, 6) is -0.183. The number of unbranched alkanes of at least 4 members (excludes halogenated alkanes) is 3. The number of hydrogen-bond acceptors (Lipinski definition) is 28. The highest BCUT2D eigenvalue weighted by Gasteiger charge is 2.21. The van der Waals surface area contributed by atoms with Crippen molar-refractivity contribution in [2.45, 2.75) is 51.9 Å². The van der Waals surface area contributed by atoms with Gasteiger partial charge in [0.25, 0.3) is 22.2 Å². The first-order valence-corrected chi connectivity index (χ1v) is 25.1. The number of anilines is 8. The number of H-pyrrole nitrogens is 4. The summed E-state index contributed by atoms with van der Waals surface area (Å²) in [4.78, 5) is 148. The summed E-state index contributed by atoms with van der Waals surface area (Å²) < 4.78 is 5.10. The van der Waals surface area contributed by atoms with Gasteiger partial charge in [-0.25, -0.2) is 19.2 Å². The van der Waals surface area contributed by atoms with E-state index in [2.05, 4.69) is 86.0 Å². The molecule has 8 aromatic rings. The molecule has 0 aliphatic rings. The topological polar surface area (TPSA) is 533 Å². The number of rotatable bonds is 24. The van der Waals surface area contributed by atoms with Crippen LogP contribution < -0.4 is 101 Å². The van der Waals surface area contributed by atoms with E-state index in [4.69, 9.17) is 34.4 Å². The molecule has 36 heteroatoms. The Bertz CT molecular complexity index is 3820. The molecule has 0 amide bonds. The van der Waals surface area contributed by atoms with Crippen molar-refractivity contribution in [1.82, 2.24) is 87.9 Å². The van der Waals surface area contributed by atoms with Gasteiger partial charge in [0.15, 0.2) is 22.6 Å². The highest BCUT2D eigenvalue weighted by molar-refractivity contribution is 5.87. The Morgan fingerprint density at radius 2 is 0.625 bits per heavy atom. The molecular formula is C44H64N28O8. The molecule has 8 aromatic heterocycles. The number of hydrogen-bond donors (Lipinski definition) is 14. The number of nitrogens with two attached hydrogens (primary N) is 6. The Hall–Kier alpha value is -9.68. The van der Waals surface area contributed by atoms with Gasteiger partial charge in [0, 0.05) is 93.6 Å². The molecule has 0 fully saturated rings. The molecule has 0 aliphatic heterocycles. The maximum absolute atomic E-state index is 12.9. The van der Waals surface area contributed by atoms with Crippen molar-refractivity contribution in [2.75, 3.05) is 125 Å². The first-order chi connectivity index (χ1) is 38.4. The molecular weight excluding hydrogens is 1050 g/mol. The first kappa shape index (κ1) is 58.0. The fraction of sp³-hybridized carbons (Fsp3) is 0.455. The third-order valence-corrected chi connectivity index (χ3v) is 12.8. The van der Waals surface area contributed by atoms with Crippen LogP contribution in [0, 0.1) is 0 Å². The molecule has 36 nitrogen and oxygen atoms in total. The minimum atomic E-state index is -0.671. The van der Waals surface area contributed by atoms with Crippen LogP contribution >= 0.6 is 0 Å². The molecule has 0 saturated carbocycles. The van der Waals surface area contributed by atoms with Gasteiger partial charge in [-0.3, -0.25) is 67.2 Å². The SMILES string of the molecule is CNc1nc2c(c(N)nc(=O)n2CCN(CCCCCCN)CCn2c(=O)nc(N)c3c(=O)[nH]c(NC)nc32)c(=O)[nH]1.CNc1nc2c(c(N)nc(=O)n2CCN(CCN)CCn2c(=O)nc(N)c3c(=O)[nH]c(NC)nc32)c(=O)[nH]1. The van der Waals surface area contributed by atoms with Gasteiger partial charge in [-0.15, -0.1) is 0 Å². The zero-order valence-corrected chi connectivity index (χ0v) is 44.3. The molecule has 0 aliphatic carbocycles. The zero-order valence-electron chi connectivity index (χ0n) is 44.3. The molecule has 0 spiro atoms. The predicted octanol–water partition coefficient (Wildman–Crippen LogP) is -5.48. The molecule has 0 atom stereocenters.